The van der Waals surface area contributed by atoms with Crippen molar-refractivity contribution in [2.24, 2.45) is 0 Å². The lowest BCUT2D eigenvalue weighted by atomic mass is 10.5. The smallest absolute Gasteiger partial charge is 0.326 e. The van der Waals surface area contributed by atoms with Gasteiger partial charge in [-0.2, -0.15) is 13.2 Å². The quantitative estimate of drug-likeness (QED) is 0.618. The van der Waals surface area contributed by atoms with Gasteiger partial charge < -0.3 is 4.57 Å². The second kappa shape index (κ2) is 2.56. The van der Waals surface area contributed by atoms with Gasteiger partial charge in [0.25, 0.3) is 0 Å². The minimum absolute atomic E-state index is 0.516. The molecule has 0 bridgehead atoms. The average molecular weight is 164 g/mol. The van der Waals surface area contributed by atoms with Gasteiger partial charge in [0, 0.05) is 11.9 Å². The molecule has 5 heteroatoms. The molecule has 2 nitrogen and oxygen atoms in total. The zero-order chi connectivity index (χ0) is 8.48. The lowest BCUT2D eigenvalue weighted by Crippen LogP contribution is -2.17. The summed E-state index contributed by atoms with van der Waals surface area (Å²) >= 11 is 0. The summed E-state index contributed by atoms with van der Waals surface area (Å²) in [4.78, 5) is 3.57. The van der Waals surface area contributed by atoms with Crippen LogP contribution in [0.15, 0.2) is 12.5 Å². The summed E-state index contributed by atoms with van der Waals surface area (Å²) in [5, 5.41) is 0. The molecule has 0 atom stereocenters. The van der Waals surface area contributed by atoms with Crippen LogP contribution in [0.25, 0.3) is 0 Å². The van der Waals surface area contributed by atoms with Gasteiger partial charge in [-0.05, 0) is 6.92 Å². The van der Waals surface area contributed by atoms with Gasteiger partial charge in [0.2, 0.25) is 0 Å². The monoisotopic (exact) mass is 164 g/mol. The molecule has 0 fully saturated rings. The standard InChI is InChI=1S/C6H7F3N2/c1-5-2-10-4-11(5)3-6(7,8)9/h2,4H,3H2,1H3. The zero-order valence-electron chi connectivity index (χ0n) is 5.89. The Bertz CT molecular complexity index is 238. The third kappa shape index (κ3) is 2.25. The van der Waals surface area contributed by atoms with Gasteiger partial charge >= 0.3 is 6.18 Å². The van der Waals surface area contributed by atoms with E-state index in [1.165, 1.54) is 12.5 Å². The first-order valence-electron chi connectivity index (χ1n) is 3.02. The summed E-state index contributed by atoms with van der Waals surface area (Å²) in [6, 6.07) is 0. The van der Waals surface area contributed by atoms with E-state index in [4.69, 9.17) is 0 Å². The van der Waals surface area contributed by atoms with E-state index in [1.807, 2.05) is 0 Å². The summed E-state index contributed by atoms with van der Waals surface area (Å²) in [6.07, 6.45) is -1.60. The molecule has 0 aliphatic carbocycles. The van der Waals surface area contributed by atoms with Crippen molar-refractivity contribution in [3.63, 3.8) is 0 Å². The number of hydrogen-bond acceptors (Lipinski definition) is 1. The van der Waals surface area contributed by atoms with Crippen LogP contribution in [0, 0.1) is 6.92 Å². The average Bonchev–Trinajstić information content (AvgIpc) is 2.12. The van der Waals surface area contributed by atoms with Gasteiger partial charge in [0.05, 0.1) is 6.33 Å². The Morgan fingerprint density at radius 3 is 2.55 bits per heavy atom. The molecule has 0 N–H and O–H groups in total. The van der Waals surface area contributed by atoms with E-state index >= 15 is 0 Å². The van der Waals surface area contributed by atoms with Crippen LogP contribution in [-0.4, -0.2) is 15.7 Å². The number of aromatic nitrogens is 2. The van der Waals surface area contributed by atoms with Gasteiger partial charge in [-0.1, -0.05) is 0 Å². The van der Waals surface area contributed by atoms with E-state index in [0.717, 1.165) is 4.57 Å². The fourth-order valence-corrected chi connectivity index (χ4v) is 0.746. The molecule has 0 aliphatic rings. The van der Waals surface area contributed by atoms with E-state index in [9.17, 15) is 13.2 Å². The number of alkyl halides is 3. The molecule has 0 saturated carbocycles. The van der Waals surface area contributed by atoms with Gasteiger partial charge in [-0.15, -0.1) is 0 Å². The molecule has 62 valence electrons. The van der Waals surface area contributed by atoms with Crippen LogP contribution in [0.4, 0.5) is 13.2 Å². The van der Waals surface area contributed by atoms with Crippen molar-refractivity contribution in [2.75, 3.05) is 0 Å². The molecular formula is C6H7F3N2. The number of nitrogens with zero attached hydrogens (tertiary/aromatic N) is 2. The third-order valence-electron chi connectivity index (χ3n) is 1.27. The van der Waals surface area contributed by atoms with Crippen molar-refractivity contribution in [1.82, 2.24) is 9.55 Å². The highest BCUT2D eigenvalue weighted by Gasteiger charge is 2.28. The lowest BCUT2D eigenvalue weighted by Gasteiger charge is -2.07. The zero-order valence-corrected chi connectivity index (χ0v) is 5.89. The van der Waals surface area contributed by atoms with Crippen LogP contribution >= 0.6 is 0 Å². The molecule has 1 aromatic rings. The van der Waals surface area contributed by atoms with Crippen molar-refractivity contribution in [2.45, 2.75) is 19.6 Å². The maximum atomic E-state index is 11.8. The number of aryl methyl sites for hydroxylation is 1. The maximum Gasteiger partial charge on any atom is 0.406 e. The highest BCUT2D eigenvalue weighted by molar-refractivity contribution is 4.94. The largest absolute Gasteiger partial charge is 0.406 e. The molecule has 0 radical (unpaired) electrons. The van der Waals surface area contributed by atoms with E-state index in [1.54, 1.807) is 6.92 Å². The Kier molecular flexibility index (Phi) is 1.89. The van der Waals surface area contributed by atoms with Crippen molar-refractivity contribution < 1.29 is 13.2 Å². The van der Waals surface area contributed by atoms with Gasteiger partial charge in [0.15, 0.2) is 0 Å². The van der Waals surface area contributed by atoms with Gasteiger partial charge in [0.1, 0.15) is 6.54 Å². The highest BCUT2D eigenvalue weighted by Crippen LogP contribution is 2.17. The molecule has 0 amide bonds. The van der Waals surface area contributed by atoms with Crippen LogP contribution in [0.2, 0.25) is 0 Å². The van der Waals surface area contributed by atoms with Crippen molar-refractivity contribution in [1.29, 1.82) is 0 Å². The third-order valence-corrected chi connectivity index (χ3v) is 1.27. The van der Waals surface area contributed by atoms with E-state index < -0.39 is 12.7 Å². The fraction of sp³-hybridized carbons (Fsp3) is 0.500. The first-order valence-corrected chi connectivity index (χ1v) is 3.02. The summed E-state index contributed by atoms with van der Waals surface area (Å²) in [5.74, 6) is 0. The Morgan fingerprint density at radius 2 is 2.18 bits per heavy atom. The summed E-state index contributed by atoms with van der Waals surface area (Å²) < 4.78 is 36.3. The SMILES string of the molecule is Cc1cncn1CC(F)(F)F. The minimum Gasteiger partial charge on any atom is -0.326 e. The number of hydrogen-bond donors (Lipinski definition) is 0. The Hall–Kier alpha value is -1.00. The van der Waals surface area contributed by atoms with Gasteiger partial charge in [-0.25, -0.2) is 4.98 Å². The van der Waals surface area contributed by atoms with E-state index in [2.05, 4.69) is 4.98 Å². The normalized spacial score (nSPS) is 12.0. The second-order valence-corrected chi connectivity index (χ2v) is 2.28. The highest BCUT2D eigenvalue weighted by atomic mass is 19.4. The van der Waals surface area contributed by atoms with E-state index in [0.29, 0.717) is 5.69 Å². The predicted molar refractivity (Wildman–Crippen MR) is 33.0 cm³/mol. The maximum absolute atomic E-state index is 11.8. The summed E-state index contributed by atoms with van der Waals surface area (Å²) in [5.41, 5.74) is 0.516. The first kappa shape index (κ1) is 8.10. The fourth-order valence-electron chi connectivity index (χ4n) is 0.746. The number of rotatable bonds is 1. The number of halogens is 3. The predicted octanol–water partition coefficient (Wildman–Crippen LogP) is 1.75. The Labute approximate surface area is 61.7 Å². The molecule has 1 aromatic heterocycles. The second-order valence-electron chi connectivity index (χ2n) is 2.28. The number of imidazole rings is 1. The molecule has 1 heterocycles. The van der Waals surface area contributed by atoms with Crippen molar-refractivity contribution >= 4 is 0 Å². The summed E-state index contributed by atoms with van der Waals surface area (Å²) in [7, 11) is 0. The van der Waals surface area contributed by atoms with Crippen LogP contribution in [0.5, 0.6) is 0 Å². The Balaban J connectivity index is 2.72. The molecule has 0 saturated heterocycles. The van der Waals surface area contributed by atoms with Crippen molar-refractivity contribution in [3.8, 4) is 0 Å². The first-order chi connectivity index (χ1) is 4.99. The van der Waals surface area contributed by atoms with Crippen LogP contribution in [0.3, 0.4) is 0 Å². The van der Waals surface area contributed by atoms with Crippen LogP contribution in [-0.2, 0) is 6.54 Å². The molecule has 1 rings (SSSR count). The van der Waals surface area contributed by atoms with Crippen LogP contribution < -0.4 is 0 Å². The molecular weight excluding hydrogens is 157 g/mol. The van der Waals surface area contributed by atoms with Crippen LogP contribution in [0.1, 0.15) is 5.69 Å². The minimum atomic E-state index is -4.16. The van der Waals surface area contributed by atoms with E-state index in [-0.39, 0.29) is 0 Å². The molecule has 11 heavy (non-hydrogen) atoms. The topological polar surface area (TPSA) is 17.8 Å². The molecule has 0 spiro atoms. The molecule has 0 aromatic carbocycles. The Morgan fingerprint density at radius 1 is 1.55 bits per heavy atom. The molecule has 0 unspecified atom stereocenters. The lowest BCUT2D eigenvalue weighted by molar-refractivity contribution is -0.140. The van der Waals surface area contributed by atoms with Gasteiger partial charge in [-0.3, -0.25) is 0 Å². The van der Waals surface area contributed by atoms with Crippen molar-refractivity contribution in [3.05, 3.63) is 18.2 Å². The molecule has 0 aliphatic heterocycles. The summed E-state index contributed by atoms with van der Waals surface area (Å²) in [6.45, 7) is 0.623.